The second-order valence-corrected chi connectivity index (χ2v) is 8.86. The Balaban J connectivity index is 1.22. The number of rotatable bonds is 9. The summed E-state index contributed by atoms with van der Waals surface area (Å²) in [5.74, 6) is 2.63. The zero-order valence-corrected chi connectivity index (χ0v) is 19.8. The van der Waals surface area contributed by atoms with Crippen LogP contribution in [0.5, 0.6) is 11.5 Å². The molecule has 0 unspecified atom stereocenters. The highest BCUT2D eigenvalue weighted by molar-refractivity contribution is 7.99. The van der Waals surface area contributed by atoms with Crippen LogP contribution >= 0.6 is 11.8 Å². The van der Waals surface area contributed by atoms with Crippen molar-refractivity contribution >= 4 is 29.0 Å². The van der Waals surface area contributed by atoms with Gasteiger partial charge in [-0.25, -0.2) is 0 Å². The lowest BCUT2D eigenvalue weighted by atomic mass is 10.2. The fourth-order valence-electron chi connectivity index (χ4n) is 3.66. The SMILES string of the molecule is O=C(CCSc1nnc(CNc2ccccc2)n1-c1ccccc1)Nc1ccc2c(c1)OCCO2. The standard InChI is InChI=1S/C26H25N5O3S/c32-25(28-20-11-12-22-23(17-20)34-15-14-33-22)13-16-35-26-30-29-24(18-27-19-7-3-1-4-8-19)31(26)21-9-5-2-6-10-21/h1-12,17,27H,13-16,18H2,(H,28,32). The van der Waals surface area contributed by atoms with Gasteiger partial charge in [0.1, 0.15) is 13.2 Å². The topological polar surface area (TPSA) is 90.3 Å². The minimum atomic E-state index is -0.0779. The summed E-state index contributed by atoms with van der Waals surface area (Å²) >= 11 is 1.50. The molecule has 1 aromatic heterocycles. The number of ether oxygens (including phenoxy) is 2. The van der Waals surface area contributed by atoms with Crippen LogP contribution in [-0.2, 0) is 11.3 Å². The van der Waals surface area contributed by atoms with Gasteiger partial charge in [-0.05, 0) is 36.4 Å². The van der Waals surface area contributed by atoms with Gasteiger partial charge in [-0.1, -0.05) is 48.2 Å². The summed E-state index contributed by atoms with van der Waals surface area (Å²) in [6.07, 6.45) is 0.332. The van der Waals surface area contributed by atoms with Crippen molar-refractivity contribution < 1.29 is 14.3 Å². The highest BCUT2D eigenvalue weighted by atomic mass is 32.2. The molecule has 0 bridgehead atoms. The van der Waals surface area contributed by atoms with Crippen LogP contribution in [0.25, 0.3) is 5.69 Å². The highest BCUT2D eigenvalue weighted by Gasteiger charge is 2.16. The third-order valence-electron chi connectivity index (χ3n) is 5.33. The Labute approximate surface area is 207 Å². The van der Waals surface area contributed by atoms with E-state index in [4.69, 9.17) is 9.47 Å². The van der Waals surface area contributed by atoms with Crippen LogP contribution in [0.4, 0.5) is 11.4 Å². The molecule has 5 rings (SSSR count). The van der Waals surface area contributed by atoms with Gasteiger partial charge < -0.3 is 20.1 Å². The van der Waals surface area contributed by atoms with Crippen LogP contribution < -0.4 is 20.1 Å². The van der Waals surface area contributed by atoms with Crippen molar-refractivity contribution in [3.05, 3.63) is 84.7 Å². The number of carbonyl (C=O) groups is 1. The number of para-hydroxylation sites is 2. The Bertz CT molecular complexity index is 1280. The van der Waals surface area contributed by atoms with E-state index in [0.29, 0.717) is 49.1 Å². The molecule has 0 atom stereocenters. The van der Waals surface area contributed by atoms with Gasteiger partial charge in [0.15, 0.2) is 22.5 Å². The molecule has 0 spiro atoms. The molecule has 2 heterocycles. The molecule has 2 N–H and O–H groups in total. The molecule has 1 amide bonds. The number of benzene rings is 3. The molecule has 1 aliphatic heterocycles. The van der Waals surface area contributed by atoms with Gasteiger partial charge in [-0.2, -0.15) is 0 Å². The van der Waals surface area contributed by atoms with Gasteiger partial charge in [0.25, 0.3) is 0 Å². The van der Waals surface area contributed by atoms with Crippen molar-refractivity contribution in [3.63, 3.8) is 0 Å². The zero-order chi connectivity index (χ0) is 23.9. The summed E-state index contributed by atoms with van der Waals surface area (Å²) in [4.78, 5) is 12.5. The van der Waals surface area contributed by atoms with E-state index >= 15 is 0 Å². The summed E-state index contributed by atoms with van der Waals surface area (Å²) in [7, 11) is 0. The summed E-state index contributed by atoms with van der Waals surface area (Å²) in [5.41, 5.74) is 2.68. The maximum atomic E-state index is 12.5. The minimum absolute atomic E-state index is 0.0779. The summed E-state index contributed by atoms with van der Waals surface area (Å²) in [6.45, 7) is 1.57. The molecule has 8 nitrogen and oxygen atoms in total. The van der Waals surface area contributed by atoms with Crippen molar-refractivity contribution in [2.24, 2.45) is 0 Å². The molecule has 3 aromatic carbocycles. The van der Waals surface area contributed by atoms with Crippen LogP contribution in [0.2, 0.25) is 0 Å². The number of anilines is 2. The number of nitrogens with zero attached hydrogens (tertiary/aromatic N) is 3. The molecule has 4 aromatic rings. The molecule has 35 heavy (non-hydrogen) atoms. The summed E-state index contributed by atoms with van der Waals surface area (Å²) in [5, 5.41) is 15.9. The molecule has 0 fully saturated rings. The maximum Gasteiger partial charge on any atom is 0.225 e. The largest absolute Gasteiger partial charge is 0.486 e. The first kappa shape index (κ1) is 22.8. The van der Waals surface area contributed by atoms with Crippen molar-refractivity contribution in [3.8, 4) is 17.2 Å². The van der Waals surface area contributed by atoms with Crippen LogP contribution in [0.1, 0.15) is 12.2 Å². The zero-order valence-electron chi connectivity index (χ0n) is 19.0. The van der Waals surface area contributed by atoms with E-state index in [1.54, 1.807) is 6.07 Å². The number of amides is 1. The van der Waals surface area contributed by atoms with Crippen LogP contribution in [0.3, 0.4) is 0 Å². The van der Waals surface area contributed by atoms with E-state index in [1.165, 1.54) is 11.8 Å². The fourth-order valence-corrected chi connectivity index (χ4v) is 4.57. The smallest absolute Gasteiger partial charge is 0.225 e. The molecule has 0 radical (unpaired) electrons. The summed E-state index contributed by atoms with van der Waals surface area (Å²) < 4.78 is 13.1. The van der Waals surface area contributed by atoms with E-state index in [1.807, 2.05) is 77.4 Å². The number of carbonyl (C=O) groups excluding carboxylic acids is 1. The van der Waals surface area contributed by atoms with Gasteiger partial charge in [-0.3, -0.25) is 9.36 Å². The lowest BCUT2D eigenvalue weighted by molar-refractivity contribution is -0.115. The first-order valence-electron chi connectivity index (χ1n) is 11.4. The maximum absolute atomic E-state index is 12.5. The number of thioether (sulfide) groups is 1. The molecular formula is C26H25N5O3S. The van der Waals surface area contributed by atoms with E-state index in [0.717, 1.165) is 22.4 Å². The molecule has 0 aliphatic carbocycles. The molecule has 0 saturated carbocycles. The first-order valence-corrected chi connectivity index (χ1v) is 12.4. The lowest BCUT2D eigenvalue weighted by Crippen LogP contribution is -2.16. The molecule has 9 heteroatoms. The fraction of sp³-hybridized carbons (Fsp3) is 0.192. The molecule has 0 saturated heterocycles. The van der Waals surface area contributed by atoms with Gasteiger partial charge >= 0.3 is 0 Å². The number of aromatic nitrogens is 3. The van der Waals surface area contributed by atoms with E-state index < -0.39 is 0 Å². The van der Waals surface area contributed by atoms with Crippen LogP contribution in [-0.4, -0.2) is 39.6 Å². The molecular weight excluding hydrogens is 462 g/mol. The normalized spacial score (nSPS) is 12.2. The van der Waals surface area contributed by atoms with Crippen molar-refractivity contribution in [1.29, 1.82) is 0 Å². The Morgan fingerprint density at radius 2 is 1.63 bits per heavy atom. The average molecular weight is 488 g/mol. The highest BCUT2D eigenvalue weighted by Crippen LogP contribution is 2.32. The Kier molecular flexibility index (Phi) is 7.14. The third kappa shape index (κ3) is 5.75. The van der Waals surface area contributed by atoms with E-state index in [2.05, 4.69) is 20.8 Å². The second-order valence-electron chi connectivity index (χ2n) is 7.79. The van der Waals surface area contributed by atoms with Gasteiger partial charge in [-0.15, -0.1) is 10.2 Å². The molecule has 1 aliphatic rings. The van der Waals surface area contributed by atoms with E-state index in [9.17, 15) is 4.79 Å². The monoisotopic (exact) mass is 487 g/mol. The lowest BCUT2D eigenvalue weighted by Gasteiger charge is -2.19. The average Bonchev–Trinajstić information content (AvgIpc) is 3.31. The number of hydrogen-bond donors (Lipinski definition) is 2. The quantitative estimate of drug-likeness (QED) is 0.329. The predicted molar refractivity (Wildman–Crippen MR) is 137 cm³/mol. The Morgan fingerprint density at radius 3 is 2.43 bits per heavy atom. The van der Waals surface area contributed by atoms with E-state index in [-0.39, 0.29) is 5.91 Å². The second kappa shape index (κ2) is 11.0. The van der Waals surface area contributed by atoms with Crippen LogP contribution in [0.15, 0.2) is 84.0 Å². The van der Waals surface area contributed by atoms with Crippen LogP contribution in [0, 0.1) is 0 Å². The number of hydrogen-bond acceptors (Lipinski definition) is 7. The van der Waals surface area contributed by atoms with Crippen molar-refractivity contribution in [2.75, 3.05) is 29.6 Å². The van der Waals surface area contributed by atoms with Crippen molar-refractivity contribution in [1.82, 2.24) is 14.8 Å². The van der Waals surface area contributed by atoms with Gasteiger partial charge in [0, 0.05) is 35.3 Å². The van der Waals surface area contributed by atoms with Gasteiger partial charge in [0.2, 0.25) is 5.91 Å². The van der Waals surface area contributed by atoms with Crippen molar-refractivity contribution in [2.45, 2.75) is 18.1 Å². The number of nitrogens with one attached hydrogen (secondary N) is 2. The minimum Gasteiger partial charge on any atom is -0.486 e. The predicted octanol–water partition coefficient (Wildman–Crippen LogP) is 4.77. The van der Waals surface area contributed by atoms with Gasteiger partial charge in [0.05, 0.1) is 6.54 Å². The summed E-state index contributed by atoms with van der Waals surface area (Å²) in [6, 6.07) is 25.4. The third-order valence-corrected chi connectivity index (χ3v) is 6.26. The Hall–Kier alpha value is -3.98. The Morgan fingerprint density at radius 1 is 0.886 bits per heavy atom. The first-order chi connectivity index (χ1) is 17.3. The molecule has 178 valence electrons. The number of fused-ring (bicyclic) bond motifs is 1.